The van der Waals surface area contributed by atoms with Gasteiger partial charge in [0.05, 0.1) is 25.0 Å². The van der Waals surface area contributed by atoms with Crippen LogP contribution in [-0.4, -0.2) is 56.3 Å². The van der Waals surface area contributed by atoms with E-state index in [2.05, 4.69) is 82.7 Å². The van der Waals surface area contributed by atoms with E-state index < -0.39 is 11.1 Å². The third kappa shape index (κ3) is 5.49. The summed E-state index contributed by atoms with van der Waals surface area (Å²) in [7, 11) is 1.88. The zero-order valence-corrected chi connectivity index (χ0v) is 25.4. The molecule has 2 aromatic heterocycles. The Balaban J connectivity index is 1.45. The molecule has 44 heavy (non-hydrogen) atoms. The van der Waals surface area contributed by atoms with E-state index in [1.54, 1.807) is 13.8 Å². The second-order valence-corrected chi connectivity index (χ2v) is 12.1. The summed E-state index contributed by atoms with van der Waals surface area (Å²) in [5.41, 5.74) is 4.66. The lowest BCUT2D eigenvalue weighted by atomic mass is 9.77. The first-order valence-electron chi connectivity index (χ1n) is 15.1. The Labute approximate surface area is 258 Å². The highest BCUT2D eigenvalue weighted by molar-refractivity contribution is 5.82. The zero-order valence-electron chi connectivity index (χ0n) is 25.4. The van der Waals surface area contributed by atoms with Gasteiger partial charge in [-0.25, -0.2) is 15.0 Å². The molecular formula is C36H38N6O2. The van der Waals surface area contributed by atoms with E-state index in [1.807, 2.05) is 42.7 Å². The first-order chi connectivity index (χ1) is 21.3. The predicted molar refractivity (Wildman–Crippen MR) is 172 cm³/mol. The monoisotopic (exact) mass is 586 g/mol. The van der Waals surface area contributed by atoms with Crippen molar-refractivity contribution in [1.82, 2.24) is 24.8 Å². The highest BCUT2D eigenvalue weighted by Crippen LogP contribution is 2.41. The largest absolute Gasteiger partial charge is 0.394 e. The third-order valence-electron chi connectivity index (χ3n) is 8.30. The minimum absolute atomic E-state index is 0.111. The Hall–Kier alpha value is -4.82. The van der Waals surface area contributed by atoms with E-state index >= 15 is 0 Å². The molecule has 5 aromatic rings. The molecule has 0 atom stereocenters. The summed E-state index contributed by atoms with van der Waals surface area (Å²) in [6.45, 7) is 3.55. The molecule has 0 fully saturated rings. The highest BCUT2D eigenvalue weighted by Gasteiger charge is 2.38. The van der Waals surface area contributed by atoms with Gasteiger partial charge in [-0.1, -0.05) is 91.0 Å². The predicted octanol–water partition coefficient (Wildman–Crippen LogP) is 4.99. The molecule has 2 N–H and O–H groups in total. The van der Waals surface area contributed by atoms with Crippen LogP contribution in [0.2, 0.25) is 0 Å². The van der Waals surface area contributed by atoms with Gasteiger partial charge in [-0.2, -0.15) is 0 Å². The second-order valence-electron chi connectivity index (χ2n) is 12.1. The molecule has 0 saturated carbocycles. The SMILES string of the molecule is CN(CC(=O)NC(C)(C)CO)c1nc(-c2cn(C(c3ccccc3)(c3ccccc3)c3ccccc3)cn2)nc2c1CCC2. The average molecular weight is 587 g/mol. The number of imidazole rings is 1. The Morgan fingerprint density at radius 3 is 2.00 bits per heavy atom. The molecule has 1 aliphatic rings. The third-order valence-corrected chi connectivity index (χ3v) is 8.30. The van der Waals surface area contributed by atoms with Gasteiger partial charge in [0.15, 0.2) is 5.82 Å². The maximum Gasteiger partial charge on any atom is 0.240 e. The maximum atomic E-state index is 12.9. The summed E-state index contributed by atoms with van der Waals surface area (Å²) in [5, 5.41) is 12.5. The summed E-state index contributed by atoms with van der Waals surface area (Å²) >= 11 is 0. The molecule has 0 unspecified atom stereocenters. The van der Waals surface area contributed by atoms with Gasteiger partial charge in [0.25, 0.3) is 0 Å². The number of carbonyl (C=O) groups is 1. The van der Waals surface area contributed by atoms with Crippen molar-refractivity contribution < 1.29 is 9.90 Å². The quantitative estimate of drug-likeness (QED) is 0.224. The minimum atomic E-state index is -0.702. The van der Waals surface area contributed by atoms with E-state index in [9.17, 15) is 9.90 Å². The van der Waals surface area contributed by atoms with Crippen LogP contribution >= 0.6 is 0 Å². The zero-order chi connectivity index (χ0) is 30.7. The normalized spacial score (nSPS) is 13.0. The van der Waals surface area contributed by atoms with Gasteiger partial charge in [-0.3, -0.25) is 4.79 Å². The molecule has 1 aliphatic carbocycles. The van der Waals surface area contributed by atoms with Crippen LogP contribution in [0.1, 0.15) is 48.2 Å². The van der Waals surface area contributed by atoms with Crippen LogP contribution in [-0.2, 0) is 23.2 Å². The van der Waals surface area contributed by atoms with Crippen LogP contribution in [0.3, 0.4) is 0 Å². The van der Waals surface area contributed by atoms with Gasteiger partial charge in [-0.05, 0) is 49.8 Å². The molecule has 0 aliphatic heterocycles. The fourth-order valence-corrected chi connectivity index (χ4v) is 6.20. The maximum absolute atomic E-state index is 12.9. The number of nitrogens with one attached hydrogen (secondary N) is 1. The van der Waals surface area contributed by atoms with Gasteiger partial charge in [-0.15, -0.1) is 0 Å². The molecular weight excluding hydrogens is 548 g/mol. The van der Waals surface area contributed by atoms with Gasteiger partial charge >= 0.3 is 0 Å². The summed E-state index contributed by atoms with van der Waals surface area (Å²) in [6, 6.07) is 31.4. The van der Waals surface area contributed by atoms with E-state index in [0.29, 0.717) is 11.5 Å². The molecule has 0 radical (unpaired) electrons. The number of aryl methyl sites for hydroxylation is 1. The number of hydrogen-bond donors (Lipinski definition) is 2. The second kappa shape index (κ2) is 12.1. The van der Waals surface area contributed by atoms with Crippen molar-refractivity contribution >= 4 is 11.7 Å². The average Bonchev–Trinajstić information content (AvgIpc) is 3.73. The number of likely N-dealkylation sites (N-methyl/N-ethyl adjacent to an activating group) is 1. The smallest absolute Gasteiger partial charge is 0.240 e. The van der Waals surface area contributed by atoms with Crippen LogP contribution in [0.4, 0.5) is 5.82 Å². The van der Waals surface area contributed by atoms with Crippen LogP contribution in [0, 0.1) is 0 Å². The summed E-state index contributed by atoms with van der Waals surface area (Å²) < 4.78 is 2.16. The number of fused-ring (bicyclic) bond motifs is 1. The number of nitrogens with zero attached hydrogens (tertiary/aromatic N) is 5. The van der Waals surface area contributed by atoms with Crippen molar-refractivity contribution in [3.8, 4) is 11.5 Å². The van der Waals surface area contributed by atoms with Crippen LogP contribution in [0.25, 0.3) is 11.5 Å². The van der Waals surface area contributed by atoms with Gasteiger partial charge in [0.2, 0.25) is 5.91 Å². The lowest BCUT2D eigenvalue weighted by molar-refractivity contribution is -0.121. The number of amides is 1. The van der Waals surface area contributed by atoms with Crippen molar-refractivity contribution in [1.29, 1.82) is 0 Å². The Morgan fingerprint density at radius 2 is 1.45 bits per heavy atom. The molecule has 6 rings (SSSR count). The van der Waals surface area contributed by atoms with Crippen LogP contribution in [0.15, 0.2) is 104 Å². The fraction of sp³-hybridized carbons (Fsp3) is 0.278. The van der Waals surface area contributed by atoms with Crippen LogP contribution in [0.5, 0.6) is 0 Å². The van der Waals surface area contributed by atoms with E-state index in [4.69, 9.17) is 15.0 Å². The molecule has 0 spiro atoms. The molecule has 2 heterocycles. The number of hydrogen-bond acceptors (Lipinski definition) is 6. The number of benzene rings is 3. The van der Waals surface area contributed by atoms with Gasteiger partial charge < -0.3 is 19.9 Å². The number of aromatic nitrogens is 4. The van der Waals surface area contributed by atoms with E-state index in [1.165, 1.54) is 0 Å². The summed E-state index contributed by atoms with van der Waals surface area (Å²) in [5.74, 6) is 1.10. The lowest BCUT2D eigenvalue weighted by Crippen LogP contribution is -2.49. The Kier molecular flexibility index (Phi) is 8.01. The number of aliphatic hydroxyl groups excluding tert-OH is 1. The standard InChI is InChI=1S/C36H38N6O2/c1-35(2,24-43)40-32(44)23-41(3)34-29-20-13-21-30(29)38-33(39-34)31-22-42(25-37-31)36(26-14-7-4-8-15-26,27-16-9-5-10-17-27)28-18-11-6-12-19-28/h4-12,14-19,22,25,43H,13,20-21,23-24H2,1-3H3,(H,40,44). The molecule has 8 heteroatoms. The summed E-state index contributed by atoms with van der Waals surface area (Å²) in [4.78, 5) is 29.6. The van der Waals surface area contributed by atoms with Gasteiger partial charge in [0, 0.05) is 24.5 Å². The highest BCUT2D eigenvalue weighted by atomic mass is 16.3. The molecule has 0 bridgehead atoms. The Morgan fingerprint density at radius 1 is 0.886 bits per heavy atom. The summed E-state index contributed by atoms with van der Waals surface area (Å²) in [6.07, 6.45) is 6.62. The van der Waals surface area contributed by atoms with Crippen molar-refractivity contribution in [2.75, 3.05) is 25.1 Å². The van der Waals surface area contributed by atoms with E-state index in [0.717, 1.165) is 53.0 Å². The molecule has 3 aromatic carbocycles. The van der Waals surface area contributed by atoms with Crippen molar-refractivity contribution in [3.05, 3.63) is 131 Å². The molecule has 224 valence electrons. The fourth-order valence-electron chi connectivity index (χ4n) is 6.20. The first-order valence-corrected chi connectivity index (χ1v) is 15.1. The number of anilines is 1. The first kappa shape index (κ1) is 29.3. The molecule has 8 nitrogen and oxygen atoms in total. The molecule has 1 amide bonds. The number of rotatable bonds is 10. The number of aliphatic hydroxyl groups is 1. The van der Waals surface area contributed by atoms with Gasteiger partial charge in [0.1, 0.15) is 17.1 Å². The Bertz CT molecular complexity index is 1640. The molecule has 0 saturated heterocycles. The van der Waals surface area contributed by atoms with E-state index in [-0.39, 0.29) is 19.1 Å². The van der Waals surface area contributed by atoms with Crippen molar-refractivity contribution in [2.24, 2.45) is 0 Å². The lowest BCUT2D eigenvalue weighted by Gasteiger charge is -2.37. The number of carbonyl (C=O) groups excluding carboxylic acids is 1. The topological polar surface area (TPSA) is 96.2 Å². The van der Waals surface area contributed by atoms with Crippen molar-refractivity contribution in [2.45, 2.75) is 44.2 Å². The van der Waals surface area contributed by atoms with Crippen LogP contribution < -0.4 is 10.2 Å². The minimum Gasteiger partial charge on any atom is -0.394 e. The van der Waals surface area contributed by atoms with Crippen molar-refractivity contribution in [3.63, 3.8) is 0 Å².